The number of benzene rings is 1. The van der Waals surface area contributed by atoms with Gasteiger partial charge in [0.25, 0.3) is 0 Å². The van der Waals surface area contributed by atoms with Gasteiger partial charge in [0.05, 0.1) is 0 Å². The molecule has 3 N–H and O–H groups in total. The minimum Gasteiger partial charge on any atom is -0.480 e. The van der Waals surface area contributed by atoms with E-state index in [0.717, 1.165) is 32.7 Å². The summed E-state index contributed by atoms with van der Waals surface area (Å²) < 4.78 is 0. The van der Waals surface area contributed by atoms with Gasteiger partial charge in [-0.25, -0.2) is 0 Å². The summed E-state index contributed by atoms with van der Waals surface area (Å²) in [7, 11) is 0. The summed E-state index contributed by atoms with van der Waals surface area (Å²) in [5.74, 6) is -0.924. The number of nitrogens with two attached hydrogens (primary N) is 1. The first-order valence-corrected chi connectivity index (χ1v) is 6.62. The van der Waals surface area contributed by atoms with E-state index in [-0.39, 0.29) is 0 Å². The highest BCUT2D eigenvalue weighted by atomic mass is 16.4. The molecule has 104 valence electrons. The van der Waals surface area contributed by atoms with E-state index in [1.807, 2.05) is 6.07 Å². The van der Waals surface area contributed by atoms with Crippen LogP contribution in [-0.4, -0.2) is 59.6 Å². The van der Waals surface area contributed by atoms with Gasteiger partial charge in [-0.2, -0.15) is 0 Å². The summed E-state index contributed by atoms with van der Waals surface area (Å²) in [5, 5.41) is 8.80. The topological polar surface area (TPSA) is 69.8 Å². The second-order valence-electron chi connectivity index (χ2n) is 5.01. The minimum absolute atomic E-state index is 0.439. The molecule has 19 heavy (non-hydrogen) atoms. The number of nitrogens with zero attached hydrogens (tertiary/aromatic N) is 2. The van der Waals surface area contributed by atoms with Crippen molar-refractivity contribution >= 4 is 5.97 Å². The van der Waals surface area contributed by atoms with E-state index in [4.69, 9.17) is 10.8 Å². The number of aliphatic carboxylic acids is 1. The number of carbonyl (C=O) groups is 1. The molecule has 1 fully saturated rings. The molecule has 0 aliphatic carbocycles. The lowest BCUT2D eigenvalue weighted by Crippen LogP contribution is -2.51. The maximum Gasteiger partial charge on any atom is 0.321 e. The Morgan fingerprint density at radius 2 is 1.74 bits per heavy atom. The SMILES string of the molecule is NC(CN1CCN(Cc2ccccc2)CC1)C(=O)O. The Labute approximate surface area is 113 Å². The monoisotopic (exact) mass is 263 g/mol. The van der Waals surface area contributed by atoms with Crippen LogP contribution in [0.1, 0.15) is 5.56 Å². The van der Waals surface area contributed by atoms with Crippen LogP contribution >= 0.6 is 0 Å². The highest BCUT2D eigenvalue weighted by Gasteiger charge is 2.21. The molecule has 0 radical (unpaired) electrons. The first kappa shape index (κ1) is 14.0. The Morgan fingerprint density at radius 3 is 2.32 bits per heavy atom. The Morgan fingerprint density at radius 1 is 1.16 bits per heavy atom. The van der Waals surface area contributed by atoms with Gasteiger partial charge < -0.3 is 10.8 Å². The number of rotatable bonds is 5. The van der Waals surface area contributed by atoms with Crippen LogP contribution in [0.15, 0.2) is 30.3 Å². The molecule has 5 heteroatoms. The fraction of sp³-hybridized carbons (Fsp3) is 0.500. The number of hydrogen-bond acceptors (Lipinski definition) is 4. The molecule has 1 aliphatic heterocycles. The predicted octanol–water partition coefficient (Wildman–Crippen LogP) is 0.216. The van der Waals surface area contributed by atoms with Crippen LogP contribution in [0.25, 0.3) is 0 Å². The number of carboxylic acids is 1. The van der Waals surface area contributed by atoms with Crippen LogP contribution in [0.3, 0.4) is 0 Å². The van der Waals surface area contributed by atoms with Gasteiger partial charge in [0.1, 0.15) is 6.04 Å². The van der Waals surface area contributed by atoms with Crippen LogP contribution in [0.4, 0.5) is 0 Å². The first-order chi connectivity index (χ1) is 9.15. The van der Waals surface area contributed by atoms with Gasteiger partial charge in [-0.15, -0.1) is 0 Å². The summed E-state index contributed by atoms with van der Waals surface area (Å²) in [5.41, 5.74) is 6.87. The van der Waals surface area contributed by atoms with Crippen molar-refractivity contribution in [1.82, 2.24) is 9.80 Å². The zero-order valence-electron chi connectivity index (χ0n) is 11.0. The molecule has 1 aromatic carbocycles. The normalized spacial score (nSPS) is 19.2. The van der Waals surface area contributed by atoms with Crippen LogP contribution in [0.5, 0.6) is 0 Å². The molecule has 5 nitrogen and oxygen atoms in total. The number of piperazine rings is 1. The van der Waals surface area contributed by atoms with E-state index in [2.05, 4.69) is 34.1 Å². The van der Waals surface area contributed by atoms with Crippen LogP contribution in [0, 0.1) is 0 Å². The van der Waals surface area contributed by atoms with Crippen molar-refractivity contribution in [3.05, 3.63) is 35.9 Å². The fourth-order valence-electron chi connectivity index (χ4n) is 2.33. The van der Waals surface area contributed by atoms with Gasteiger partial charge in [0.2, 0.25) is 0 Å². The predicted molar refractivity (Wildman–Crippen MR) is 73.8 cm³/mol. The van der Waals surface area contributed by atoms with Gasteiger partial charge in [0.15, 0.2) is 0 Å². The Balaban J connectivity index is 1.75. The zero-order valence-corrected chi connectivity index (χ0v) is 11.0. The summed E-state index contributed by atoms with van der Waals surface area (Å²) in [6, 6.07) is 9.61. The van der Waals surface area contributed by atoms with Crippen molar-refractivity contribution < 1.29 is 9.90 Å². The lowest BCUT2D eigenvalue weighted by atomic mass is 10.2. The minimum atomic E-state index is -0.924. The van der Waals surface area contributed by atoms with E-state index < -0.39 is 12.0 Å². The zero-order chi connectivity index (χ0) is 13.7. The Bertz CT molecular complexity index is 402. The van der Waals surface area contributed by atoms with Crippen molar-refractivity contribution in [1.29, 1.82) is 0 Å². The van der Waals surface area contributed by atoms with E-state index in [1.165, 1.54) is 5.56 Å². The molecule has 0 bridgehead atoms. The highest BCUT2D eigenvalue weighted by molar-refractivity contribution is 5.73. The summed E-state index contributed by atoms with van der Waals surface area (Å²) in [6.07, 6.45) is 0. The molecular formula is C14H21N3O2. The van der Waals surface area contributed by atoms with E-state index in [0.29, 0.717) is 6.54 Å². The van der Waals surface area contributed by atoms with Gasteiger partial charge in [0, 0.05) is 39.3 Å². The lowest BCUT2D eigenvalue weighted by molar-refractivity contribution is -0.139. The van der Waals surface area contributed by atoms with Gasteiger partial charge >= 0.3 is 5.97 Å². The molecule has 0 aromatic heterocycles. The molecule has 1 unspecified atom stereocenters. The maximum atomic E-state index is 10.7. The van der Waals surface area contributed by atoms with E-state index in [9.17, 15) is 4.79 Å². The van der Waals surface area contributed by atoms with Crippen molar-refractivity contribution in [3.8, 4) is 0 Å². The molecule has 1 heterocycles. The first-order valence-electron chi connectivity index (χ1n) is 6.62. The van der Waals surface area contributed by atoms with Gasteiger partial charge in [-0.3, -0.25) is 14.6 Å². The fourth-order valence-corrected chi connectivity index (χ4v) is 2.33. The summed E-state index contributed by atoms with van der Waals surface area (Å²) in [6.45, 7) is 5.08. The Kier molecular flexibility index (Phi) is 4.90. The second kappa shape index (κ2) is 6.65. The molecule has 2 rings (SSSR count). The smallest absolute Gasteiger partial charge is 0.321 e. The van der Waals surface area contributed by atoms with E-state index >= 15 is 0 Å². The molecule has 1 saturated heterocycles. The molecular weight excluding hydrogens is 242 g/mol. The average molecular weight is 263 g/mol. The molecule has 0 spiro atoms. The molecule has 0 amide bonds. The molecule has 1 atom stereocenters. The third-order valence-corrected chi connectivity index (χ3v) is 3.49. The summed E-state index contributed by atoms with van der Waals surface area (Å²) in [4.78, 5) is 15.2. The highest BCUT2D eigenvalue weighted by Crippen LogP contribution is 2.08. The maximum absolute atomic E-state index is 10.7. The van der Waals surface area contributed by atoms with Gasteiger partial charge in [-0.1, -0.05) is 30.3 Å². The van der Waals surface area contributed by atoms with Crippen molar-refractivity contribution in [2.24, 2.45) is 5.73 Å². The van der Waals surface area contributed by atoms with Crippen molar-refractivity contribution in [3.63, 3.8) is 0 Å². The van der Waals surface area contributed by atoms with E-state index in [1.54, 1.807) is 0 Å². The molecule has 0 saturated carbocycles. The largest absolute Gasteiger partial charge is 0.480 e. The van der Waals surface area contributed by atoms with Crippen LogP contribution < -0.4 is 5.73 Å². The van der Waals surface area contributed by atoms with Crippen LogP contribution in [0.2, 0.25) is 0 Å². The number of carboxylic acid groups (broad SMARTS) is 1. The van der Waals surface area contributed by atoms with Gasteiger partial charge in [-0.05, 0) is 5.56 Å². The lowest BCUT2D eigenvalue weighted by Gasteiger charge is -2.35. The van der Waals surface area contributed by atoms with Crippen molar-refractivity contribution in [2.75, 3.05) is 32.7 Å². The quantitative estimate of drug-likeness (QED) is 0.795. The molecule has 1 aromatic rings. The number of hydrogen-bond donors (Lipinski definition) is 2. The second-order valence-corrected chi connectivity index (χ2v) is 5.01. The molecule has 1 aliphatic rings. The third kappa shape index (κ3) is 4.31. The van der Waals surface area contributed by atoms with Crippen LogP contribution in [-0.2, 0) is 11.3 Å². The average Bonchev–Trinajstić information content (AvgIpc) is 2.42. The summed E-state index contributed by atoms with van der Waals surface area (Å²) >= 11 is 0. The van der Waals surface area contributed by atoms with Crippen molar-refractivity contribution in [2.45, 2.75) is 12.6 Å². The standard InChI is InChI=1S/C14H21N3O2/c15-13(14(18)19)11-17-8-6-16(7-9-17)10-12-4-2-1-3-5-12/h1-5,13H,6-11,15H2,(H,18,19). The third-order valence-electron chi connectivity index (χ3n) is 3.49. The Hall–Kier alpha value is -1.43.